The van der Waals surface area contributed by atoms with Crippen LogP contribution in [0.2, 0.25) is 0 Å². The molecule has 0 spiro atoms. The third-order valence-corrected chi connectivity index (χ3v) is 11.0. The Morgan fingerprint density at radius 1 is 0.690 bits per heavy atom. The van der Waals surface area contributed by atoms with Crippen LogP contribution in [0.1, 0.15) is 81.5 Å². The average molecular weight is 836 g/mol. The lowest BCUT2D eigenvalue weighted by Crippen LogP contribution is -2.24. The van der Waals surface area contributed by atoms with Crippen LogP contribution in [0.15, 0.2) is 98.9 Å². The number of phenols is 2. The van der Waals surface area contributed by atoms with Crippen LogP contribution < -0.4 is 14.8 Å². The van der Waals surface area contributed by atoms with Crippen LogP contribution in [0.3, 0.4) is 0 Å². The van der Waals surface area contributed by atoms with E-state index in [1.807, 2.05) is 0 Å². The highest BCUT2D eigenvalue weighted by Crippen LogP contribution is 2.42. The van der Waals surface area contributed by atoms with E-state index in [1.165, 1.54) is 75.3 Å². The summed E-state index contributed by atoms with van der Waals surface area (Å²) in [5, 5.41) is 33.0. The standard InChI is InChI=1S/C41H45N3O12S2/c1-2-3-4-5-6-7-8-9-10-13-22-42-41(48)34-25-35(32-14-11-12-15-33(32)39(34)46)55-26-37(45)56-29-18-16-28(17-19-29)43-44-38-36(58(52,53)54)24-27-23-30(57(49,50)51)20-21-31(27)40(38)47/h11-12,14-21,23-25,46-47H,2-10,13,22,26H2,1H3,(H,42,48)(H,49,50,51)(H,52,53,54). The normalized spacial score (nSPS) is 12.0. The van der Waals surface area contributed by atoms with Crippen LogP contribution in [0.25, 0.3) is 21.5 Å². The molecular weight excluding hydrogens is 791 g/mol. The van der Waals surface area contributed by atoms with Crippen molar-refractivity contribution in [2.24, 2.45) is 10.2 Å². The fraction of sp³-hybridized carbons (Fsp3) is 0.317. The van der Waals surface area contributed by atoms with Gasteiger partial charge in [0.15, 0.2) is 12.4 Å². The van der Waals surface area contributed by atoms with Gasteiger partial charge in [0.25, 0.3) is 26.1 Å². The Morgan fingerprint density at radius 3 is 1.97 bits per heavy atom. The third kappa shape index (κ3) is 11.5. The Bertz CT molecular complexity index is 2520. The van der Waals surface area contributed by atoms with Crippen molar-refractivity contribution in [1.82, 2.24) is 5.32 Å². The Hall–Kier alpha value is -5.62. The number of benzene rings is 5. The monoisotopic (exact) mass is 835 g/mol. The van der Waals surface area contributed by atoms with E-state index in [1.54, 1.807) is 24.3 Å². The molecule has 5 aromatic rings. The van der Waals surface area contributed by atoms with E-state index in [0.717, 1.165) is 43.5 Å². The molecule has 0 fully saturated rings. The first-order valence-corrected chi connectivity index (χ1v) is 21.7. The van der Waals surface area contributed by atoms with Crippen molar-refractivity contribution in [2.75, 3.05) is 13.2 Å². The van der Waals surface area contributed by atoms with Crippen LogP contribution in [0.4, 0.5) is 11.4 Å². The lowest BCUT2D eigenvalue weighted by atomic mass is 10.0. The number of nitrogens with zero attached hydrogens (tertiary/aromatic N) is 2. The number of esters is 1. The second-order valence-electron chi connectivity index (χ2n) is 13.6. The molecule has 0 radical (unpaired) electrons. The summed E-state index contributed by atoms with van der Waals surface area (Å²) in [6, 6.07) is 17.5. The number of ether oxygens (including phenoxy) is 2. The van der Waals surface area contributed by atoms with E-state index >= 15 is 0 Å². The number of amides is 1. The van der Waals surface area contributed by atoms with Gasteiger partial charge in [0.1, 0.15) is 27.8 Å². The van der Waals surface area contributed by atoms with Gasteiger partial charge < -0.3 is 25.0 Å². The molecule has 0 unspecified atom stereocenters. The van der Waals surface area contributed by atoms with Gasteiger partial charge in [-0.25, -0.2) is 4.79 Å². The number of nitrogens with one attached hydrogen (secondary N) is 1. The van der Waals surface area contributed by atoms with Gasteiger partial charge in [-0.2, -0.15) is 21.9 Å². The highest BCUT2D eigenvalue weighted by Gasteiger charge is 2.24. The third-order valence-electron chi connectivity index (χ3n) is 9.32. The average Bonchev–Trinajstić information content (AvgIpc) is 3.19. The van der Waals surface area contributed by atoms with Crippen LogP contribution in [0, 0.1) is 0 Å². The Morgan fingerprint density at radius 2 is 1.33 bits per heavy atom. The fourth-order valence-electron chi connectivity index (χ4n) is 6.30. The maximum Gasteiger partial charge on any atom is 0.349 e. The van der Waals surface area contributed by atoms with Crippen LogP contribution in [0.5, 0.6) is 23.0 Å². The highest BCUT2D eigenvalue weighted by molar-refractivity contribution is 7.86. The SMILES string of the molecule is CCCCCCCCCCCCNC(=O)c1cc(OCC(=O)Oc2ccc(N=Nc3c(S(=O)(=O)O)cc4cc(S(=O)(=O)O)ccc4c3O)cc2)c2ccccc2c1O. The number of unbranched alkanes of at least 4 members (excludes halogenated alkanes) is 9. The summed E-state index contributed by atoms with van der Waals surface area (Å²) >= 11 is 0. The van der Waals surface area contributed by atoms with Gasteiger partial charge in [-0.15, -0.1) is 5.11 Å². The number of carbonyl (C=O) groups is 2. The van der Waals surface area contributed by atoms with Gasteiger partial charge >= 0.3 is 5.97 Å². The second-order valence-corrected chi connectivity index (χ2v) is 16.4. The van der Waals surface area contributed by atoms with E-state index in [2.05, 4.69) is 22.5 Å². The molecule has 0 atom stereocenters. The maximum absolute atomic E-state index is 13.1. The minimum atomic E-state index is -5.01. The lowest BCUT2D eigenvalue weighted by molar-refractivity contribution is -0.136. The van der Waals surface area contributed by atoms with Crippen molar-refractivity contribution < 1.29 is 55.2 Å². The molecule has 5 N–H and O–H groups in total. The highest BCUT2D eigenvalue weighted by atomic mass is 32.2. The van der Waals surface area contributed by atoms with E-state index in [0.29, 0.717) is 17.3 Å². The quantitative estimate of drug-likeness (QED) is 0.0162. The van der Waals surface area contributed by atoms with Gasteiger partial charge in [0.2, 0.25) is 0 Å². The molecule has 0 aliphatic rings. The van der Waals surface area contributed by atoms with E-state index < -0.39 is 59.9 Å². The number of rotatable bonds is 20. The summed E-state index contributed by atoms with van der Waals surface area (Å²) in [5.74, 6) is -1.94. The summed E-state index contributed by atoms with van der Waals surface area (Å²) in [6.07, 6.45) is 11.6. The molecule has 0 bridgehead atoms. The zero-order chi connectivity index (χ0) is 41.9. The first-order chi connectivity index (χ1) is 27.7. The number of azo groups is 1. The minimum Gasteiger partial charge on any atom is -0.506 e. The van der Waals surface area contributed by atoms with Crippen LogP contribution in [-0.2, 0) is 25.0 Å². The molecule has 0 aliphatic carbocycles. The van der Waals surface area contributed by atoms with Gasteiger partial charge in [-0.3, -0.25) is 13.9 Å². The zero-order valence-corrected chi connectivity index (χ0v) is 33.4. The summed E-state index contributed by atoms with van der Waals surface area (Å²) in [7, 11) is -9.66. The summed E-state index contributed by atoms with van der Waals surface area (Å²) in [5.41, 5.74) is -0.516. The molecule has 15 nitrogen and oxygen atoms in total. The number of hydrogen-bond donors (Lipinski definition) is 5. The minimum absolute atomic E-state index is 0.00547. The van der Waals surface area contributed by atoms with E-state index in [4.69, 9.17) is 9.47 Å². The summed E-state index contributed by atoms with van der Waals surface area (Å²) < 4.78 is 77.7. The summed E-state index contributed by atoms with van der Waals surface area (Å²) in [6.45, 7) is 2.10. The second kappa shape index (κ2) is 19.7. The Kier molecular flexibility index (Phi) is 14.8. The molecule has 1 amide bonds. The molecule has 5 rings (SSSR count). The maximum atomic E-state index is 13.1. The molecule has 0 aliphatic heterocycles. The first kappa shape index (κ1) is 43.5. The Balaban J connectivity index is 1.20. The van der Waals surface area contributed by atoms with Crippen molar-refractivity contribution >= 4 is 65.0 Å². The summed E-state index contributed by atoms with van der Waals surface area (Å²) in [4.78, 5) is 24.5. The number of fused-ring (bicyclic) bond motifs is 2. The smallest absolute Gasteiger partial charge is 0.349 e. The van der Waals surface area contributed by atoms with Crippen molar-refractivity contribution in [3.63, 3.8) is 0 Å². The van der Waals surface area contributed by atoms with E-state index in [-0.39, 0.29) is 39.3 Å². The van der Waals surface area contributed by atoms with Crippen molar-refractivity contribution in [1.29, 1.82) is 0 Å². The molecule has 0 heterocycles. The first-order valence-electron chi connectivity index (χ1n) is 18.8. The molecule has 0 saturated heterocycles. The van der Waals surface area contributed by atoms with Crippen molar-refractivity contribution in [2.45, 2.75) is 80.9 Å². The number of aromatic hydroxyl groups is 2. The van der Waals surface area contributed by atoms with E-state index in [9.17, 15) is 45.7 Å². The molecular formula is C41H45N3O12S2. The fourth-order valence-corrected chi connectivity index (χ4v) is 7.47. The number of carbonyl (C=O) groups excluding carboxylic acids is 2. The molecule has 5 aromatic carbocycles. The van der Waals surface area contributed by atoms with Crippen LogP contribution in [-0.4, -0.2) is 61.2 Å². The lowest BCUT2D eigenvalue weighted by Gasteiger charge is -2.14. The largest absolute Gasteiger partial charge is 0.506 e. The van der Waals surface area contributed by atoms with Crippen molar-refractivity contribution in [3.05, 3.63) is 84.4 Å². The predicted molar refractivity (Wildman–Crippen MR) is 217 cm³/mol. The Labute approximate surface area is 336 Å². The van der Waals surface area contributed by atoms with Gasteiger partial charge in [0.05, 0.1) is 16.1 Å². The van der Waals surface area contributed by atoms with Gasteiger partial charge in [-0.1, -0.05) is 89.0 Å². The topological polar surface area (TPSA) is 239 Å². The molecule has 58 heavy (non-hydrogen) atoms. The van der Waals surface area contributed by atoms with Crippen LogP contribution >= 0.6 is 0 Å². The molecule has 0 aromatic heterocycles. The van der Waals surface area contributed by atoms with Gasteiger partial charge in [-0.05, 0) is 66.4 Å². The number of phenolic OH excluding ortho intramolecular Hbond substituents is 2. The molecule has 0 saturated carbocycles. The molecule has 308 valence electrons. The zero-order valence-electron chi connectivity index (χ0n) is 31.8. The number of hydrogen-bond acceptors (Lipinski definition) is 12. The van der Waals surface area contributed by atoms with Gasteiger partial charge in [0, 0.05) is 22.7 Å². The van der Waals surface area contributed by atoms with Crippen molar-refractivity contribution in [3.8, 4) is 23.0 Å². The molecule has 17 heteroatoms. The predicted octanol–water partition coefficient (Wildman–Crippen LogP) is 8.95.